The fourth-order valence-electron chi connectivity index (χ4n) is 1.12. The van der Waals surface area contributed by atoms with Gasteiger partial charge in [0.05, 0.1) is 6.10 Å². The number of halogens is 1. The third-order valence-corrected chi connectivity index (χ3v) is 1.93. The summed E-state index contributed by atoms with van der Waals surface area (Å²) < 4.78 is 13.2. The van der Waals surface area contributed by atoms with Crippen molar-refractivity contribution in [3.8, 4) is 0 Å². The van der Waals surface area contributed by atoms with Gasteiger partial charge in [0.25, 0.3) is 0 Å². The average molecular weight is 384 g/mol. The molecule has 0 saturated heterocycles. The first kappa shape index (κ1) is 14.0. The van der Waals surface area contributed by atoms with Crippen LogP contribution < -0.4 is 5.73 Å². The quantitative estimate of drug-likeness (QED) is 0.758. The van der Waals surface area contributed by atoms with Gasteiger partial charge in [-0.15, -0.1) is 0 Å². The van der Waals surface area contributed by atoms with Gasteiger partial charge in [-0.2, -0.15) is 0 Å². The van der Waals surface area contributed by atoms with Crippen molar-refractivity contribution in [3.63, 3.8) is 0 Å². The molecule has 0 aliphatic rings. The summed E-state index contributed by atoms with van der Waals surface area (Å²) in [4.78, 5) is 0. The maximum Gasteiger partial charge on any atom is 0.131 e. The van der Waals surface area contributed by atoms with E-state index in [1.165, 1.54) is 0 Å². The zero-order valence-corrected chi connectivity index (χ0v) is 13.6. The molecule has 0 saturated carbocycles. The van der Waals surface area contributed by atoms with E-state index in [1.807, 2.05) is 30.3 Å². The van der Waals surface area contributed by atoms with Crippen molar-refractivity contribution in [2.24, 2.45) is 5.73 Å². The molecule has 3 N–H and O–H groups in total. The van der Waals surface area contributed by atoms with Gasteiger partial charge >= 0.3 is 0 Å². The van der Waals surface area contributed by atoms with E-state index in [4.69, 9.17) is 10.8 Å². The van der Waals surface area contributed by atoms with Crippen molar-refractivity contribution in [1.82, 2.24) is 0 Å². The number of rotatable bonds is 4. The van der Waals surface area contributed by atoms with E-state index >= 15 is 0 Å². The first-order chi connectivity index (χ1) is 6.24. The second-order valence-corrected chi connectivity index (χ2v) is 3.01. The SMILES string of the molecule is NCC(O)C(F)Cc1ccccc1.[Hg]. The second kappa shape index (κ2) is 7.32. The molecule has 2 unspecified atom stereocenters. The number of alkyl halides is 1. The summed E-state index contributed by atoms with van der Waals surface area (Å²) in [5, 5.41) is 9.09. The smallest absolute Gasteiger partial charge is 0.131 e. The Bertz CT molecular complexity index is 245. The molecule has 14 heavy (non-hydrogen) atoms. The Morgan fingerprint density at radius 2 is 1.86 bits per heavy atom. The van der Waals surface area contributed by atoms with Crippen LogP contribution in [0.4, 0.5) is 4.39 Å². The van der Waals surface area contributed by atoms with Gasteiger partial charge in [-0.3, -0.25) is 0 Å². The molecule has 0 radical (unpaired) electrons. The van der Waals surface area contributed by atoms with E-state index in [1.54, 1.807) is 0 Å². The number of hydrogen-bond acceptors (Lipinski definition) is 2. The van der Waals surface area contributed by atoms with Gasteiger partial charge in [-0.1, -0.05) is 30.3 Å². The molecule has 0 heterocycles. The molecule has 0 aliphatic carbocycles. The van der Waals surface area contributed by atoms with E-state index in [9.17, 15) is 4.39 Å². The Morgan fingerprint density at radius 1 is 1.29 bits per heavy atom. The molecular formula is C10H14FHgNO. The number of aliphatic hydroxyl groups excluding tert-OH is 1. The summed E-state index contributed by atoms with van der Waals surface area (Å²) in [5.74, 6) is 0. The maximum absolute atomic E-state index is 13.2. The summed E-state index contributed by atoms with van der Waals surface area (Å²) in [6.07, 6.45) is -2.10. The fraction of sp³-hybridized carbons (Fsp3) is 0.400. The van der Waals surface area contributed by atoms with E-state index in [-0.39, 0.29) is 40.6 Å². The Balaban J connectivity index is 0.00000169. The second-order valence-electron chi connectivity index (χ2n) is 3.01. The van der Waals surface area contributed by atoms with Crippen molar-refractivity contribution in [1.29, 1.82) is 0 Å². The normalized spacial score (nSPS) is 14.2. The number of aliphatic hydroxyl groups is 1. The summed E-state index contributed by atoms with van der Waals surface area (Å²) in [6, 6.07) is 9.22. The molecular weight excluding hydrogens is 370 g/mol. The van der Waals surface area contributed by atoms with Gasteiger partial charge in [0.1, 0.15) is 6.17 Å². The summed E-state index contributed by atoms with van der Waals surface area (Å²) in [5.41, 5.74) is 6.01. The van der Waals surface area contributed by atoms with Crippen LogP contribution in [0, 0.1) is 0 Å². The van der Waals surface area contributed by atoms with Gasteiger partial charge < -0.3 is 10.8 Å². The van der Waals surface area contributed by atoms with Crippen molar-refractivity contribution >= 4 is 0 Å². The number of hydrogen-bond donors (Lipinski definition) is 2. The van der Waals surface area contributed by atoms with Crippen LogP contribution >= 0.6 is 0 Å². The standard InChI is InChI=1S/C10H14FNO.Hg/c11-9(10(13)7-12)6-8-4-2-1-3-5-8;/h1-5,9-10,13H,6-7,12H2;. The van der Waals surface area contributed by atoms with Crippen LogP contribution in [0.3, 0.4) is 0 Å². The average Bonchev–Trinajstić information content (AvgIpc) is 2.18. The van der Waals surface area contributed by atoms with E-state index < -0.39 is 12.3 Å². The molecule has 4 heteroatoms. The molecule has 1 rings (SSSR count). The molecule has 0 fully saturated rings. The third kappa shape index (κ3) is 4.48. The van der Waals surface area contributed by atoms with Crippen molar-refractivity contribution in [2.75, 3.05) is 6.54 Å². The molecule has 0 spiro atoms. The number of nitrogens with two attached hydrogens (primary N) is 1. The Hall–Kier alpha value is 0.00506. The molecule has 0 amide bonds. The third-order valence-electron chi connectivity index (χ3n) is 1.93. The van der Waals surface area contributed by atoms with Crippen molar-refractivity contribution < 1.29 is 37.2 Å². The summed E-state index contributed by atoms with van der Waals surface area (Å²) in [7, 11) is 0. The van der Waals surface area contributed by atoms with Crippen LogP contribution in [-0.4, -0.2) is 23.9 Å². The molecule has 1 aromatic carbocycles. The maximum atomic E-state index is 13.2. The monoisotopic (exact) mass is 385 g/mol. The van der Waals surface area contributed by atoms with Crippen LogP contribution in [0.5, 0.6) is 0 Å². The predicted octanol–water partition coefficient (Wildman–Crippen LogP) is 0.884. The van der Waals surface area contributed by atoms with Crippen LogP contribution in [0.2, 0.25) is 0 Å². The van der Waals surface area contributed by atoms with Gasteiger partial charge in [-0.05, 0) is 5.56 Å². The Labute approximate surface area is 104 Å². The Kier molecular flexibility index (Phi) is 7.32. The molecule has 0 aromatic heterocycles. The fourth-order valence-corrected chi connectivity index (χ4v) is 1.12. The van der Waals surface area contributed by atoms with Crippen molar-refractivity contribution in [2.45, 2.75) is 18.7 Å². The molecule has 2 nitrogen and oxygen atoms in total. The summed E-state index contributed by atoms with van der Waals surface area (Å²) >= 11 is 0. The largest absolute Gasteiger partial charge is 0.389 e. The topological polar surface area (TPSA) is 46.2 Å². The van der Waals surface area contributed by atoms with Gasteiger partial charge in [0.15, 0.2) is 0 Å². The minimum Gasteiger partial charge on any atom is -0.389 e. The molecule has 74 valence electrons. The zero-order valence-electron chi connectivity index (χ0n) is 8.07. The van der Waals surface area contributed by atoms with Gasteiger partial charge in [0, 0.05) is 40.6 Å². The predicted molar refractivity (Wildman–Crippen MR) is 50.1 cm³/mol. The first-order valence-electron chi connectivity index (χ1n) is 4.30. The van der Waals surface area contributed by atoms with Crippen LogP contribution in [0.15, 0.2) is 30.3 Å². The minimum atomic E-state index is -1.27. The van der Waals surface area contributed by atoms with Crippen LogP contribution in [-0.2, 0) is 34.1 Å². The van der Waals surface area contributed by atoms with Crippen molar-refractivity contribution in [3.05, 3.63) is 35.9 Å². The molecule has 2 atom stereocenters. The number of benzene rings is 1. The molecule has 0 bridgehead atoms. The summed E-state index contributed by atoms with van der Waals surface area (Å²) in [6.45, 7) is -0.0337. The zero-order chi connectivity index (χ0) is 9.68. The van der Waals surface area contributed by atoms with Gasteiger partial charge in [0.2, 0.25) is 0 Å². The van der Waals surface area contributed by atoms with Crippen LogP contribution in [0.25, 0.3) is 0 Å². The molecule has 1 aromatic rings. The van der Waals surface area contributed by atoms with E-state index in [2.05, 4.69) is 0 Å². The van der Waals surface area contributed by atoms with Crippen LogP contribution in [0.1, 0.15) is 5.56 Å². The van der Waals surface area contributed by atoms with Gasteiger partial charge in [-0.25, -0.2) is 4.39 Å². The Morgan fingerprint density at radius 3 is 2.36 bits per heavy atom. The minimum absolute atomic E-state index is 0. The molecule has 0 aliphatic heterocycles. The first-order valence-corrected chi connectivity index (χ1v) is 4.30. The van der Waals surface area contributed by atoms with E-state index in [0.29, 0.717) is 0 Å². The van der Waals surface area contributed by atoms with E-state index in [0.717, 1.165) is 5.56 Å².